The number of imidazole rings is 1. The third kappa shape index (κ3) is 3.57. The molecule has 1 aromatic heterocycles. The number of hydrogen-bond donors (Lipinski definition) is 1. The molecule has 0 fully saturated rings. The van der Waals surface area contributed by atoms with E-state index >= 15 is 0 Å². The van der Waals surface area contributed by atoms with Gasteiger partial charge in [-0.15, -0.1) is 0 Å². The van der Waals surface area contributed by atoms with Crippen LogP contribution < -0.4 is 5.32 Å². The standard InChI is InChI=1S/C16H28N4O/c1-5-13(6-2)20(10-12(3)4)15(21)14-11-19-9-7-8-17-16(19)18-14/h11-13H,5-10H2,1-4H3,(H,17,18). The van der Waals surface area contributed by atoms with Crippen LogP contribution in [0.4, 0.5) is 5.95 Å². The lowest BCUT2D eigenvalue weighted by molar-refractivity contribution is 0.0634. The predicted molar refractivity (Wildman–Crippen MR) is 85.6 cm³/mol. The van der Waals surface area contributed by atoms with Gasteiger partial charge in [-0.05, 0) is 25.2 Å². The molecule has 1 aliphatic heterocycles. The lowest BCUT2D eigenvalue weighted by Gasteiger charge is -2.31. The maximum absolute atomic E-state index is 12.9. The zero-order valence-electron chi connectivity index (χ0n) is 13.7. The summed E-state index contributed by atoms with van der Waals surface area (Å²) in [6, 6.07) is 0.298. The first kappa shape index (κ1) is 15.9. The second-order valence-corrected chi connectivity index (χ2v) is 6.25. The van der Waals surface area contributed by atoms with Crippen molar-refractivity contribution in [3.8, 4) is 0 Å². The van der Waals surface area contributed by atoms with Gasteiger partial charge in [-0.25, -0.2) is 4.98 Å². The van der Waals surface area contributed by atoms with Crippen LogP contribution in [0.5, 0.6) is 0 Å². The van der Waals surface area contributed by atoms with Crippen LogP contribution in [0.15, 0.2) is 6.20 Å². The first-order valence-electron chi connectivity index (χ1n) is 8.18. The number of nitrogens with one attached hydrogen (secondary N) is 1. The average molecular weight is 292 g/mol. The molecule has 0 saturated heterocycles. The number of rotatable bonds is 6. The van der Waals surface area contributed by atoms with Gasteiger partial charge in [0.15, 0.2) is 0 Å². The van der Waals surface area contributed by atoms with Crippen molar-refractivity contribution in [1.82, 2.24) is 14.5 Å². The molecule has 0 spiro atoms. The van der Waals surface area contributed by atoms with E-state index in [-0.39, 0.29) is 5.91 Å². The molecular weight excluding hydrogens is 264 g/mol. The molecule has 1 amide bonds. The van der Waals surface area contributed by atoms with E-state index in [1.165, 1.54) is 0 Å². The number of amides is 1. The number of carbonyl (C=O) groups is 1. The van der Waals surface area contributed by atoms with E-state index in [0.29, 0.717) is 17.7 Å². The number of anilines is 1. The second-order valence-electron chi connectivity index (χ2n) is 6.25. The topological polar surface area (TPSA) is 50.2 Å². The smallest absolute Gasteiger partial charge is 0.274 e. The van der Waals surface area contributed by atoms with Gasteiger partial charge in [0.1, 0.15) is 5.69 Å². The van der Waals surface area contributed by atoms with Crippen molar-refractivity contribution in [2.45, 2.75) is 59.5 Å². The second kappa shape index (κ2) is 6.96. The molecule has 118 valence electrons. The molecule has 0 saturated carbocycles. The molecular formula is C16H28N4O. The lowest BCUT2D eigenvalue weighted by Crippen LogP contribution is -2.42. The van der Waals surface area contributed by atoms with E-state index in [4.69, 9.17) is 0 Å². The molecule has 0 bridgehead atoms. The minimum absolute atomic E-state index is 0.0705. The van der Waals surface area contributed by atoms with Crippen molar-refractivity contribution in [1.29, 1.82) is 0 Å². The first-order valence-corrected chi connectivity index (χ1v) is 8.18. The van der Waals surface area contributed by atoms with Gasteiger partial charge in [-0.3, -0.25) is 4.79 Å². The summed E-state index contributed by atoms with van der Waals surface area (Å²) in [5.74, 6) is 1.37. The molecule has 2 heterocycles. The summed E-state index contributed by atoms with van der Waals surface area (Å²) in [6.07, 6.45) is 4.96. The summed E-state index contributed by atoms with van der Waals surface area (Å²) < 4.78 is 2.05. The predicted octanol–water partition coefficient (Wildman–Crippen LogP) is 2.99. The molecule has 21 heavy (non-hydrogen) atoms. The normalized spacial score (nSPS) is 14.2. The van der Waals surface area contributed by atoms with Crippen LogP contribution in [-0.4, -0.2) is 39.5 Å². The van der Waals surface area contributed by atoms with Gasteiger partial charge in [-0.2, -0.15) is 0 Å². The quantitative estimate of drug-likeness (QED) is 0.877. The Hall–Kier alpha value is -1.52. The highest BCUT2D eigenvalue weighted by atomic mass is 16.2. The Morgan fingerprint density at radius 2 is 2.14 bits per heavy atom. The van der Waals surface area contributed by atoms with Crippen molar-refractivity contribution < 1.29 is 4.79 Å². The third-order valence-corrected chi connectivity index (χ3v) is 4.06. The van der Waals surface area contributed by atoms with Gasteiger partial charge in [-0.1, -0.05) is 27.7 Å². The number of aryl methyl sites for hydroxylation is 1. The summed E-state index contributed by atoms with van der Waals surface area (Å²) in [5, 5.41) is 3.26. The molecule has 1 aliphatic rings. The van der Waals surface area contributed by atoms with Gasteiger partial charge in [0.05, 0.1) is 0 Å². The van der Waals surface area contributed by atoms with Crippen LogP contribution in [0, 0.1) is 5.92 Å². The van der Waals surface area contributed by atoms with Crippen molar-refractivity contribution >= 4 is 11.9 Å². The van der Waals surface area contributed by atoms with Gasteiger partial charge in [0.2, 0.25) is 5.95 Å². The Morgan fingerprint density at radius 1 is 1.43 bits per heavy atom. The van der Waals surface area contributed by atoms with Crippen LogP contribution in [0.25, 0.3) is 0 Å². The Labute approximate surface area is 127 Å². The SMILES string of the molecule is CCC(CC)N(CC(C)C)C(=O)c1cn2c(n1)NCCC2. The highest BCUT2D eigenvalue weighted by Crippen LogP contribution is 2.19. The minimum atomic E-state index is 0.0705. The van der Waals surface area contributed by atoms with Crippen LogP contribution >= 0.6 is 0 Å². The van der Waals surface area contributed by atoms with Crippen molar-refractivity contribution in [3.05, 3.63) is 11.9 Å². The Kier molecular flexibility index (Phi) is 5.26. The van der Waals surface area contributed by atoms with Gasteiger partial charge < -0.3 is 14.8 Å². The highest BCUT2D eigenvalue weighted by Gasteiger charge is 2.26. The molecule has 5 nitrogen and oxygen atoms in total. The molecule has 0 unspecified atom stereocenters. The van der Waals surface area contributed by atoms with Gasteiger partial charge in [0, 0.05) is 31.9 Å². The summed E-state index contributed by atoms with van der Waals surface area (Å²) >= 11 is 0. The zero-order valence-corrected chi connectivity index (χ0v) is 13.7. The summed E-state index contributed by atoms with van der Waals surface area (Å²) in [7, 11) is 0. The fourth-order valence-electron chi connectivity index (χ4n) is 2.95. The van der Waals surface area contributed by atoms with Crippen molar-refractivity contribution in [2.24, 2.45) is 5.92 Å². The first-order chi connectivity index (χ1) is 10.1. The number of aromatic nitrogens is 2. The Morgan fingerprint density at radius 3 is 2.71 bits per heavy atom. The van der Waals surface area contributed by atoms with E-state index in [2.05, 4.69) is 42.6 Å². The van der Waals surface area contributed by atoms with Crippen molar-refractivity contribution in [3.63, 3.8) is 0 Å². The summed E-state index contributed by atoms with van der Waals surface area (Å²) in [4.78, 5) is 19.4. The lowest BCUT2D eigenvalue weighted by atomic mass is 10.1. The number of hydrogen-bond acceptors (Lipinski definition) is 3. The maximum atomic E-state index is 12.9. The Balaban J connectivity index is 2.22. The number of carbonyl (C=O) groups excluding carboxylic acids is 1. The highest BCUT2D eigenvalue weighted by molar-refractivity contribution is 5.93. The van der Waals surface area contributed by atoms with Crippen LogP contribution in [-0.2, 0) is 6.54 Å². The molecule has 1 N–H and O–H groups in total. The van der Waals surface area contributed by atoms with Crippen LogP contribution in [0.3, 0.4) is 0 Å². The fraction of sp³-hybridized carbons (Fsp3) is 0.750. The summed E-state index contributed by atoms with van der Waals surface area (Å²) in [6.45, 7) is 11.3. The van der Waals surface area contributed by atoms with E-state index in [1.807, 2.05) is 11.1 Å². The van der Waals surface area contributed by atoms with E-state index in [1.54, 1.807) is 0 Å². The molecule has 0 radical (unpaired) electrons. The molecule has 5 heteroatoms. The largest absolute Gasteiger partial charge is 0.356 e. The zero-order chi connectivity index (χ0) is 15.4. The van der Waals surface area contributed by atoms with E-state index in [0.717, 1.165) is 44.8 Å². The number of nitrogens with zero attached hydrogens (tertiary/aromatic N) is 3. The van der Waals surface area contributed by atoms with Gasteiger partial charge >= 0.3 is 0 Å². The number of fused-ring (bicyclic) bond motifs is 1. The third-order valence-electron chi connectivity index (χ3n) is 4.06. The van der Waals surface area contributed by atoms with Crippen LogP contribution in [0.1, 0.15) is 57.4 Å². The molecule has 0 aromatic carbocycles. The average Bonchev–Trinajstić information content (AvgIpc) is 2.90. The monoisotopic (exact) mass is 292 g/mol. The summed E-state index contributed by atoms with van der Waals surface area (Å²) in [5.41, 5.74) is 0.576. The fourth-order valence-corrected chi connectivity index (χ4v) is 2.95. The van der Waals surface area contributed by atoms with Crippen molar-refractivity contribution in [2.75, 3.05) is 18.4 Å². The molecule has 0 aliphatic carbocycles. The van der Waals surface area contributed by atoms with Crippen LogP contribution in [0.2, 0.25) is 0 Å². The molecule has 2 rings (SSSR count). The van der Waals surface area contributed by atoms with E-state index in [9.17, 15) is 4.79 Å². The minimum Gasteiger partial charge on any atom is -0.356 e. The van der Waals surface area contributed by atoms with Gasteiger partial charge in [0.25, 0.3) is 5.91 Å². The molecule has 1 aromatic rings. The van der Waals surface area contributed by atoms with E-state index < -0.39 is 0 Å². The molecule has 0 atom stereocenters. The Bertz CT molecular complexity index is 453. The maximum Gasteiger partial charge on any atom is 0.274 e.